The van der Waals surface area contributed by atoms with E-state index in [-0.39, 0.29) is 5.97 Å². The van der Waals surface area contributed by atoms with Crippen LogP contribution in [0.2, 0.25) is 0 Å². The number of rotatable bonds is 5. The molecule has 0 radical (unpaired) electrons. The third kappa shape index (κ3) is 2.96. The fourth-order valence-electron chi connectivity index (χ4n) is 3.68. The minimum absolute atomic E-state index is 0.145. The van der Waals surface area contributed by atoms with Crippen molar-refractivity contribution in [2.24, 2.45) is 0 Å². The van der Waals surface area contributed by atoms with Gasteiger partial charge in [-0.15, -0.1) is 0 Å². The molecule has 128 valence electrons. The molecule has 0 spiro atoms. The van der Waals surface area contributed by atoms with Crippen molar-refractivity contribution in [3.8, 4) is 0 Å². The predicted molar refractivity (Wildman–Crippen MR) is 90.9 cm³/mol. The van der Waals surface area contributed by atoms with E-state index in [4.69, 9.17) is 9.26 Å². The summed E-state index contributed by atoms with van der Waals surface area (Å²) in [5.41, 5.74) is 2.60. The van der Waals surface area contributed by atoms with Crippen molar-refractivity contribution in [3.63, 3.8) is 0 Å². The van der Waals surface area contributed by atoms with Crippen LogP contribution in [0.5, 0.6) is 0 Å². The molecule has 1 aromatic heterocycles. The summed E-state index contributed by atoms with van der Waals surface area (Å²) < 4.78 is 10.4. The number of aryl methyl sites for hydroxylation is 2. The number of likely N-dealkylation sites (tertiary alicyclic amines) is 1. The standard InChI is InChI=1S/C19H24N2O3/c1-14-17(15(2)24-20-14)9-11-21-12-10-19(13-21,18(22)23-3)16-7-5-4-6-8-16/h4-8H,9-13H2,1-3H3. The average Bonchev–Trinajstić information content (AvgIpc) is 3.18. The zero-order valence-electron chi connectivity index (χ0n) is 14.5. The molecule has 5 nitrogen and oxygen atoms in total. The number of esters is 1. The van der Waals surface area contributed by atoms with Crippen LogP contribution in [0, 0.1) is 13.8 Å². The molecule has 0 amide bonds. The van der Waals surface area contributed by atoms with E-state index in [0.717, 1.165) is 42.9 Å². The van der Waals surface area contributed by atoms with Crippen LogP contribution in [-0.4, -0.2) is 42.8 Å². The first kappa shape index (κ1) is 16.7. The largest absolute Gasteiger partial charge is 0.468 e. The van der Waals surface area contributed by atoms with Crippen LogP contribution in [0.4, 0.5) is 0 Å². The highest BCUT2D eigenvalue weighted by molar-refractivity contribution is 5.84. The fraction of sp³-hybridized carbons (Fsp3) is 0.474. The van der Waals surface area contributed by atoms with Gasteiger partial charge < -0.3 is 14.2 Å². The van der Waals surface area contributed by atoms with Crippen molar-refractivity contribution >= 4 is 5.97 Å². The molecule has 0 bridgehead atoms. The Hall–Kier alpha value is -2.14. The monoisotopic (exact) mass is 328 g/mol. The Labute approximate surface area is 142 Å². The zero-order chi connectivity index (χ0) is 17.2. The van der Waals surface area contributed by atoms with E-state index in [1.165, 1.54) is 12.7 Å². The molecule has 0 saturated carbocycles. The third-order valence-corrected chi connectivity index (χ3v) is 5.11. The van der Waals surface area contributed by atoms with Crippen molar-refractivity contribution in [1.82, 2.24) is 10.1 Å². The molecule has 1 aliphatic heterocycles. The molecule has 2 heterocycles. The molecule has 1 aromatic carbocycles. The van der Waals surface area contributed by atoms with E-state index in [0.29, 0.717) is 6.54 Å². The third-order valence-electron chi connectivity index (χ3n) is 5.11. The van der Waals surface area contributed by atoms with Gasteiger partial charge in [0.15, 0.2) is 0 Å². The van der Waals surface area contributed by atoms with Crippen LogP contribution in [0.15, 0.2) is 34.9 Å². The number of hydrogen-bond acceptors (Lipinski definition) is 5. The van der Waals surface area contributed by atoms with E-state index >= 15 is 0 Å². The molecule has 2 aromatic rings. The van der Waals surface area contributed by atoms with Crippen molar-refractivity contribution in [2.45, 2.75) is 32.1 Å². The molecule has 1 fully saturated rings. The van der Waals surface area contributed by atoms with Gasteiger partial charge in [0.1, 0.15) is 11.2 Å². The summed E-state index contributed by atoms with van der Waals surface area (Å²) in [7, 11) is 1.47. The van der Waals surface area contributed by atoms with Gasteiger partial charge in [-0.1, -0.05) is 35.5 Å². The number of carbonyl (C=O) groups excluding carboxylic acids is 1. The van der Waals surface area contributed by atoms with Crippen molar-refractivity contribution < 1.29 is 14.1 Å². The molecule has 1 unspecified atom stereocenters. The summed E-state index contributed by atoms with van der Waals surface area (Å²) >= 11 is 0. The second-order valence-corrected chi connectivity index (χ2v) is 6.52. The van der Waals surface area contributed by atoms with Gasteiger partial charge in [-0.3, -0.25) is 4.79 Å². The number of methoxy groups -OCH3 is 1. The van der Waals surface area contributed by atoms with Gasteiger partial charge in [0.2, 0.25) is 0 Å². The summed E-state index contributed by atoms with van der Waals surface area (Å²) in [5.74, 6) is 0.738. The van der Waals surface area contributed by atoms with Crippen LogP contribution in [0.1, 0.15) is 29.0 Å². The van der Waals surface area contributed by atoms with Crippen molar-refractivity contribution in [2.75, 3.05) is 26.7 Å². The molecule has 5 heteroatoms. The van der Waals surface area contributed by atoms with Crippen LogP contribution >= 0.6 is 0 Å². The topological polar surface area (TPSA) is 55.6 Å². The van der Waals surface area contributed by atoms with Gasteiger partial charge in [0.25, 0.3) is 0 Å². The molecule has 24 heavy (non-hydrogen) atoms. The van der Waals surface area contributed by atoms with Crippen molar-refractivity contribution in [3.05, 3.63) is 52.9 Å². The molecule has 1 atom stereocenters. The summed E-state index contributed by atoms with van der Waals surface area (Å²) in [4.78, 5) is 14.9. The molecule has 3 rings (SSSR count). The van der Waals surface area contributed by atoms with Gasteiger partial charge in [0.05, 0.1) is 12.8 Å². The minimum atomic E-state index is -0.561. The predicted octanol–water partition coefficient (Wildman–Crippen LogP) is 2.65. The van der Waals surface area contributed by atoms with Crippen LogP contribution in [-0.2, 0) is 21.4 Å². The average molecular weight is 328 g/mol. The molecule has 0 aliphatic carbocycles. The number of nitrogens with zero attached hydrogens (tertiary/aromatic N) is 2. The zero-order valence-corrected chi connectivity index (χ0v) is 14.5. The Morgan fingerprint density at radius 1 is 1.33 bits per heavy atom. The Morgan fingerprint density at radius 3 is 2.71 bits per heavy atom. The van der Waals surface area contributed by atoms with Gasteiger partial charge in [-0.2, -0.15) is 0 Å². The van der Waals surface area contributed by atoms with Gasteiger partial charge in [-0.05, 0) is 38.8 Å². The lowest BCUT2D eigenvalue weighted by Crippen LogP contribution is -2.40. The summed E-state index contributed by atoms with van der Waals surface area (Å²) in [6.07, 6.45) is 1.67. The Balaban J connectivity index is 1.75. The second-order valence-electron chi connectivity index (χ2n) is 6.52. The molecule has 1 saturated heterocycles. The number of carbonyl (C=O) groups is 1. The lowest BCUT2D eigenvalue weighted by molar-refractivity contribution is -0.147. The molecule has 0 N–H and O–H groups in total. The number of hydrogen-bond donors (Lipinski definition) is 0. The second kappa shape index (κ2) is 6.77. The van der Waals surface area contributed by atoms with E-state index in [9.17, 15) is 4.79 Å². The van der Waals surface area contributed by atoms with Crippen LogP contribution < -0.4 is 0 Å². The number of aromatic nitrogens is 1. The highest BCUT2D eigenvalue weighted by atomic mass is 16.5. The summed E-state index contributed by atoms with van der Waals surface area (Å²) in [6.45, 7) is 6.37. The van der Waals surface area contributed by atoms with Crippen LogP contribution in [0.3, 0.4) is 0 Å². The fourth-order valence-corrected chi connectivity index (χ4v) is 3.68. The van der Waals surface area contributed by atoms with Crippen molar-refractivity contribution in [1.29, 1.82) is 0 Å². The Bertz CT molecular complexity index is 691. The first-order valence-corrected chi connectivity index (χ1v) is 8.35. The molecular formula is C19H24N2O3. The lowest BCUT2D eigenvalue weighted by atomic mass is 9.79. The van der Waals surface area contributed by atoms with E-state index in [1.54, 1.807) is 0 Å². The molecular weight excluding hydrogens is 304 g/mol. The highest BCUT2D eigenvalue weighted by Gasteiger charge is 2.46. The normalized spacial score (nSPS) is 21.1. The van der Waals surface area contributed by atoms with E-state index in [1.807, 2.05) is 44.2 Å². The Kier molecular flexibility index (Phi) is 4.71. The summed E-state index contributed by atoms with van der Waals surface area (Å²) in [5, 5.41) is 4.01. The quantitative estimate of drug-likeness (QED) is 0.790. The van der Waals surface area contributed by atoms with Gasteiger partial charge in [0, 0.05) is 18.7 Å². The summed E-state index contributed by atoms with van der Waals surface area (Å²) in [6, 6.07) is 9.97. The smallest absolute Gasteiger partial charge is 0.317 e. The maximum atomic E-state index is 12.5. The first-order chi connectivity index (χ1) is 11.6. The number of ether oxygens (including phenoxy) is 1. The van der Waals surface area contributed by atoms with Gasteiger partial charge >= 0.3 is 5.97 Å². The van der Waals surface area contributed by atoms with Gasteiger partial charge in [-0.25, -0.2) is 0 Å². The maximum absolute atomic E-state index is 12.5. The number of benzene rings is 1. The SMILES string of the molecule is COC(=O)C1(c2ccccc2)CCN(CCc2c(C)noc2C)C1. The maximum Gasteiger partial charge on any atom is 0.317 e. The first-order valence-electron chi connectivity index (χ1n) is 8.35. The molecule has 1 aliphatic rings. The van der Waals surface area contributed by atoms with E-state index in [2.05, 4.69) is 10.1 Å². The Morgan fingerprint density at radius 2 is 2.08 bits per heavy atom. The highest BCUT2D eigenvalue weighted by Crippen LogP contribution is 2.36. The lowest BCUT2D eigenvalue weighted by Gasteiger charge is -2.27. The van der Waals surface area contributed by atoms with Crippen LogP contribution in [0.25, 0.3) is 0 Å². The van der Waals surface area contributed by atoms with E-state index < -0.39 is 5.41 Å². The minimum Gasteiger partial charge on any atom is -0.468 e.